The molecule has 2 rings (SSSR count). The number of guanidine groups is 1. The Hall–Kier alpha value is -2.01. The van der Waals surface area contributed by atoms with E-state index < -0.39 is 0 Å². The number of thioether (sulfide) groups is 1. The van der Waals surface area contributed by atoms with Crippen LogP contribution in [0, 0.1) is 5.82 Å². The fourth-order valence-electron chi connectivity index (χ4n) is 2.56. The molecule has 6 nitrogen and oxygen atoms in total. The number of nitrogens with one attached hydrogen (secondary N) is 3. The van der Waals surface area contributed by atoms with Crippen LogP contribution < -0.4 is 20.7 Å². The zero-order valence-corrected chi connectivity index (χ0v) is 20.5. The molecule has 3 N–H and O–H groups in total. The van der Waals surface area contributed by atoms with E-state index in [2.05, 4.69) is 20.9 Å². The molecule has 1 amide bonds. The molecule has 0 aliphatic carbocycles. The normalized spacial score (nSPS) is 10.7. The van der Waals surface area contributed by atoms with E-state index in [1.54, 1.807) is 38.1 Å². The Balaban J connectivity index is 0.00000450. The first kappa shape index (κ1) is 26.0. The molecule has 30 heavy (non-hydrogen) atoms. The zero-order chi connectivity index (χ0) is 21.1. The van der Waals surface area contributed by atoms with Gasteiger partial charge in [-0.2, -0.15) is 0 Å². The fourth-order valence-corrected chi connectivity index (χ4v) is 3.41. The summed E-state index contributed by atoms with van der Waals surface area (Å²) in [6.45, 7) is 2.79. The van der Waals surface area contributed by atoms with E-state index in [0.717, 1.165) is 29.2 Å². The highest BCUT2D eigenvalue weighted by Crippen LogP contribution is 2.25. The van der Waals surface area contributed by atoms with Gasteiger partial charge in [0.2, 0.25) is 5.91 Å². The number of halogens is 2. The van der Waals surface area contributed by atoms with Gasteiger partial charge in [0.15, 0.2) is 5.96 Å². The molecule has 0 saturated heterocycles. The monoisotopic (exact) mass is 546 g/mol. The molecule has 0 aromatic heterocycles. The van der Waals surface area contributed by atoms with Crippen LogP contribution in [0.2, 0.25) is 0 Å². The van der Waals surface area contributed by atoms with Crippen LogP contribution in [0.25, 0.3) is 0 Å². The maximum absolute atomic E-state index is 12.9. The van der Waals surface area contributed by atoms with Crippen LogP contribution in [-0.4, -0.2) is 38.3 Å². The fraction of sp³-hybridized carbons (Fsp3) is 0.333. The van der Waals surface area contributed by atoms with Crippen molar-refractivity contribution in [1.29, 1.82) is 0 Å². The molecule has 0 bridgehead atoms. The smallest absolute Gasteiger partial charge is 0.221 e. The quantitative estimate of drug-likeness (QED) is 0.144. The zero-order valence-electron chi connectivity index (χ0n) is 17.3. The first-order valence-electron chi connectivity index (χ1n) is 9.29. The van der Waals surface area contributed by atoms with Gasteiger partial charge in [-0.05, 0) is 54.1 Å². The molecule has 0 fully saturated rings. The number of hydrogen-bond donors (Lipinski definition) is 3. The van der Waals surface area contributed by atoms with Crippen molar-refractivity contribution in [1.82, 2.24) is 10.6 Å². The van der Waals surface area contributed by atoms with E-state index in [-0.39, 0.29) is 35.7 Å². The Morgan fingerprint density at radius 1 is 1.17 bits per heavy atom. The van der Waals surface area contributed by atoms with Gasteiger partial charge in [0.25, 0.3) is 0 Å². The van der Waals surface area contributed by atoms with Crippen molar-refractivity contribution in [3.05, 3.63) is 53.8 Å². The second kappa shape index (κ2) is 14.1. The summed E-state index contributed by atoms with van der Waals surface area (Å²) in [4.78, 5) is 16.6. The van der Waals surface area contributed by atoms with Crippen molar-refractivity contribution in [3.8, 4) is 5.75 Å². The van der Waals surface area contributed by atoms with Crippen molar-refractivity contribution in [2.75, 3.05) is 31.8 Å². The SMILES string of the molecule is CN=C(NCCCSc1ccc(F)cc1)NCc1ccc(OC)c(NC(C)=O)c1.I. The average molecular weight is 546 g/mol. The number of ether oxygens (including phenoxy) is 1. The van der Waals surface area contributed by atoms with Crippen LogP contribution >= 0.6 is 35.7 Å². The molecule has 0 aliphatic heterocycles. The van der Waals surface area contributed by atoms with Crippen molar-refractivity contribution in [2.24, 2.45) is 4.99 Å². The number of benzene rings is 2. The summed E-state index contributed by atoms with van der Waals surface area (Å²) in [5.74, 6) is 1.88. The standard InChI is InChI=1S/C21H27FN4O2S.HI/c1-15(27)26-19-13-16(5-10-20(19)28-3)14-25-21(23-2)24-11-4-12-29-18-8-6-17(22)7-9-18;/h5-10,13H,4,11-12,14H2,1-3H3,(H,26,27)(H2,23,24,25);1H. The van der Waals surface area contributed by atoms with E-state index in [9.17, 15) is 9.18 Å². The molecular weight excluding hydrogens is 518 g/mol. The minimum absolute atomic E-state index is 0. The third kappa shape index (κ3) is 9.21. The van der Waals surface area contributed by atoms with Crippen molar-refractivity contribution < 1.29 is 13.9 Å². The lowest BCUT2D eigenvalue weighted by molar-refractivity contribution is -0.114. The number of nitrogens with zero attached hydrogens (tertiary/aromatic N) is 1. The van der Waals surface area contributed by atoms with E-state index in [4.69, 9.17) is 4.74 Å². The largest absolute Gasteiger partial charge is 0.495 e. The van der Waals surface area contributed by atoms with Gasteiger partial charge in [-0.1, -0.05) is 6.07 Å². The molecule has 2 aromatic carbocycles. The van der Waals surface area contributed by atoms with Gasteiger partial charge in [0, 0.05) is 32.0 Å². The maximum Gasteiger partial charge on any atom is 0.221 e. The van der Waals surface area contributed by atoms with Crippen molar-refractivity contribution in [3.63, 3.8) is 0 Å². The van der Waals surface area contributed by atoms with Crippen LogP contribution in [-0.2, 0) is 11.3 Å². The van der Waals surface area contributed by atoms with Crippen molar-refractivity contribution >= 4 is 53.3 Å². The Labute approximate surface area is 198 Å². The minimum Gasteiger partial charge on any atom is -0.495 e. The molecule has 2 aromatic rings. The third-order valence-corrected chi connectivity index (χ3v) is 5.05. The summed E-state index contributed by atoms with van der Waals surface area (Å²) in [5, 5.41) is 9.30. The van der Waals surface area contributed by atoms with Gasteiger partial charge in [0.05, 0.1) is 12.8 Å². The number of hydrogen-bond acceptors (Lipinski definition) is 4. The molecule has 0 aliphatic rings. The summed E-state index contributed by atoms with van der Waals surface area (Å²) < 4.78 is 18.2. The van der Waals surface area contributed by atoms with Crippen LogP contribution in [0.4, 0.5) is 10.1 Å². The number of carbonyl (C=O) groups is 1. The lowest BCUT2D eigenvalue weighted by Gasteiger charge is -2.14. The van der Waals surface area contributed by atoms with Crippen LogP contribution in [0.3, 0.4) is 0 Å². The summed E-state index contributed by atoms with van der Waals surface area (Å²) >= 11 is 1.70. The van der Waals surface area contributed by atoms with Gasteiger partial charge in [-0.15, -0.1) is 35.7 Å². The Kier molecular flexibility index (Phi) is 12.2. The molecule has 0 atom stereocenters. The maximum atomic E-state index is 12.9. The van der Waals surface area contributed by atoms with E-state index in [0.29, 0.717) is 23.9 Å². The molecule has 0 saturated carbocycles. The number of amides is 1. The second-order valence-corrected chi connectivity index (χ2v) is 7.39. The van der Waals surface area contributed by atoms with Crippen molar-refractivity contribution in [2.45, 2.75) is 24.8 Å². The Morgan fingerprint density at radius 2 is 1.90 bits per heavy atom. The van der Waals surface area contributed by atoms with Gasteiger partial charge in [-0.3, -0.25) is 9.79 Å². The molecule has 0 spiro atoms. The van der Waals surface area contributed by atoms with E-state index >= 15 is 0 Å². The summed E-state index contributed by atoms with van der Waals surface area (Å²) in [7, 11) is 3.29. The molecule has 0 unspecified atom stereocenters. The lowest BCUT2D eigenvalue weighted by atomic mass is 10.2. The number of anilines is 1. The highest BCUT2D eigenvalue weighted by molar-refractivity contribution is 14.0. The molecule has 9 heteroatoms. The average Bonchev–Trinajstić information content (AvgIpc) is 2.71. The highest BCUT2D eigenvalue weighted by atomic mass is 127. The number of rotatable bonds is 9. The molecule has 0 radical (unpaired) electrons. The van der Waals surface area contributed by atoms with Crippen LogP contribution in [0.5, 0.6) is 5.75 Å². The number of methoxy groups -OCH3 is 1. The summed E-state index contributed by atoms with van der Waals surface area (Å²) in [5.41, 5.74) is 1.63. The second-order valence-electron chi connectivity index (χ2n) is 6.22. The van der Waals surface area contributed by atoms with Crippen LogP contribution in [0.15, 0.2) is 52.4 Å². The molecule has 0 heterocycles. The highest BCUT2D eigenvalue weighted by Gasteiger charge is 2.07. The predicted octanol–water partition coefficient (Wildman–Crippen LogP) is 4.26. The van der Waals surface area contributed by atoms with Crippen LogP contribution in [0.1, 0.15) is 18.9 Å². The number of carbonyl (C=O) groups excluding carboxylic acids is 1. The van der Waals surface area contributed by atoms with Gasteiger partial charge < -0.3 is 20.7 Å². The summed E-state index contributed by atoms with van der Waals surface area (Å²) in [6.07, 6.45) is 0.942. The predicted molar refractivity (Wildman–Crippen MR) is 133 cm³/mol. The van der Waals surface area contributed by atoms with Gasteiger partial charge in [0.1, 0.15) is 11.6 Å². The first-order chi connectivity index (χ1) is 14.0. The first-order valence-corrected chi connectivity index (χ1v) is 10.3. The van der Waals surface area contributed by atoms with Gasteiger partial charge in [-0.25, -0.2) is 4.39 Å². The topological polar surface area (TPSA) is 74.8 Å². The Bertz CT molecular complexity index is 834. The van der Waals surface area contributed by atoms with E-state index in [1.807, 2.05) is 18.2 Å². The summed E-state index contributed by atoms with van der Waals surface area (Å²) in [6, 6.07) is 12.2. The van der Waals surface area contributed by atoms with Gasteiger partial charge >= 0.3 is 0 Å². The minimum atomic E-state index is -0.216. The lowest BCUT2D eigenvalue weighted by Crippen LogP contribution is -2.37. The number of aliphatic imine (C=N–C) groups is 1. The molecule has 164 valence electrons. The molecular formula is C21H28FIN4O2S. The Morgan fingerprint density at radius 3 is 2.53 bits per heavy atom. The van der Waals surface area contributed by atoms with E-state index in [1.165, 1.54) is 19.1 Å². The third-order valence-electron chi connectivity index (χ3n) is 3.95.